The van der Waals surface area contributed by atoms with E-state index in [9.17, 15) is 14.3 Å². The Hall–Kier alpha value is -1.92. The number of hydrogen-bond donors (Lipinski definition) is 3. The van der Waals surface area contributed by atoms with Crippen molar-refractivity contribution in [2.45, 2.75) is 69.3 Å². The molecule has 0 heterocycles. The fraction of sp³-hybridized carbons (Fsp3) is 0.640. The topological polar surface area (TPSA) is 84.6 Å². The molecular formula is C25H35FN2O3. The highest BCUT2D eigenvalue weighted by atomic mass is 19.1. The van der Waals surface area contributed by atoms with Crippen molar-refractivity contribution in [1.82, 2.24) is 5.32 Å². The first kappa shape index (κ1) is 22.3. The van der Waals surface area contributed by atoms with Crippen LogP contribution in [-0.4, -0.2) is 36.3 Å². The molecule has 1 amide bonds. The molecule has 2 unspecified atom stereocenters. The lowest BCUT2D eigenvalue weighted by atomic mass is 9.60. The quantitative estimate of drug-likeness (QED) is 0.583. The third kappa shape index (κ3) is 4.96. The summed E-state index contributed by atoms with van der Waals surface area (Å²) in [5.74, 6) is 1.90. The van der Waals surface area contributed by atoms with Crippen LogP contribution in [0.2, 0.25) is 0 Å². The molecule has 4 fully saturated rings. The van der Waals surface area contributed by atoms with E-state index >= 15 is 0 Å². The lowest BCUT2D eigenvalue weighted by Gasteiger charge is -2.45. The molecule has 0 aromatic heterocycles. The molecule has 4 aliphatic carbocycles. The number of fused-ring (bicyclic) bond motifs is 3. The zero-order chi connectivity index (χ0) is 21.9. The van der Waals surface area contributed by atoms with E-state index < -0.39 is 5.60 Å². The second-order valence-corrected chi connectivity index (χ2v) is 9.94. The minimum Gasteiger partial charge on any atom is -0.489 e. The van der Waals surface area contributed by atoms with Gasteiger partial charge < -0.3 is 20.9 Å². The number of rotatable bonds is 8. The molecule has 2 atom stereocenters. The molecule has 4 N–H and O–H groups in total. The average Bonchev–Trinajstić information content (AvgIpc) is 3.22. The Morgan fingerprint density at radius 3 is 2.45 bits per heavy atom. The minimum atomic E-state index is -0.847. The number of benzene rings is 1. The van der Waals surface area contributed by atoms with Gasteiger partial charge in [-0.05, 0) is 87.3 Å². The molecule has 5 nitrogen and oxygen atoms in total. The fourth-order valence-electron chi connectivity index (χ4n) is 5.72. The predicted molar refractivity (Wildman–Crippen MR) is 118 cm³/mol. The lowest BCUT2D eigenvalue weighted by Crippen LogP contribution is -2.50. The third-order valence-electron chi connectivity index (χ3n) is 7.93. The van der Waals surface area contributed by atoms with Crippen molar-refractivity contribution in [2.75, 3.05) is 19.7 Å². The molecule has 2 bridgehead atoms. The SMILES string of the molecule is NC/C(=C\F)COc1ccc(C2CCC(O)(CNC(=O)C34CCC(CC3)CC4)C2)cc1. The monoisotopic (exact) mass is 430 g/mol. The molecule has 0 spiro atoms. The first-order chi connectivity index (χ1) is 15.0. The van der Waals surface area contributed by atoms with Gasteiger partial charge in [0, 0.05) is 24.1 Å². The Bertz CT molecular complexity index is 788. The number of amides is 1. The number of nitrogens with two attached hydrogens (primary N) is 1. The van der Waals surface area contributed by atoms with E-state index in [1.54, 1.807) is 0 Å². The zero-order valence-electron chi connectivity index (χ0n) is 18.2. The van der Waals surface area contributed by atoms with Crippen LogP contribution in [0.25, 0.3) is 0 Å². The van der Waals surface area contributed by atoms with Gasteiger partial charge in [-0.15, -0.1) is 0 Å². The molecule has 31 heavy (non-hydrogen) atoms. The van der Waals surface area contributed by atoms with Gasteiger partial charge >= 0.3 is 0 Å². The third-order valence-corrected chi connectivity index (χ3v) is 7.93. The van der Waals surface area contributed by atoms with E-state index in [0.29, 0.717) is 37.0 Å². The van der Waals surface area contributed by atoms with Crippen LogP contribution >= 0.6 is 0 Å². The first-order valence-corrected chi connectivity index (χ1v) is 11.7. The highest BCUT2D eigenvalue weighted by molar-refractivity contribution is 5.83. The summed E-state index contributed by atoms with van der Waals surface area (Å²) in [7, 11) is 0. The van der Waals surface area contributed by atoms with Crippen LogP contribution in [0.15, 0.2) is 36.2 Å². The Morgan fingerprint density at radius 2 is 1.84 bits per heavy atom. The summed E-state index contributed by atoms with van der Waals surface area (Å²) in [6.45, 7) is 0.608. The van der Waals surface area contributed by atoms with Crippen molar-refractivity contribution >= 4 is 5.91 Å². The van der Waals surface area contributed by atoms with E-state index in [2.05, 4.69) is 5.32 Å². The minimum absolute atomic E-state index is 0.132. The van der Waals surface area contributed by atoms with Crippen molar-refractivity contribution < 1.29 is 19.0 Å². The van der Waals surface area contributed by atoms with Gasteiger partial charge in [0.1, 0.15) is 12.4 Å². The number of halogens is 1. The first-order valence-electron chi connectivity index (χ1n) is 11.7. The van der Waals surface area contributed by atoms with Gasteiger partial charge in [0.2, 0.25) is 5.91 Å². The summed E-state index contributed by atoms with van der Waals surface area (Å²) in [6, 6.07) is 7.76. The van der Waals surface area contributed by atoms with E-state index in [-0.39, 0.29) is 30.4 Å². The summed E-state index contributed by atoms with van der Waals surface area (Å²) < 4.78 is 18.2. The van der Waals surface area contributed by atoms with Gasteiger partial charge in [0.05, 0.1) is 11.9 Å². The molecule has 1 aromatic carbocycles. The van der Waals surface area contributed by atoms with Crippen LogP contribution in [-0.2, 0) is 4.79 Å². The van der Waals surface area contributed by atoms with Gasteiger partial charge in [0.25, 0.3) is 0 Å². The number of ether oxygens (including phenoxy) is 1. The van der Waals surface area contributed by atoms with Crippen molar-refractivity contribution in [3.05, 3.63) is 41.7 Å². The second-order valence-electron chi connectivity index (χ2n) is 9.94. The van der Waals surface area contributed by atoms with Crippen molar-refractivity contribution in [2.24, 2.45) is 17.1 Å². The van der Waals surface area contributed by atoms with Gasteiger partial charge in [-0.1, -0.05) is 12.1 Å². The maximum Gasteiger partial charge on any atom is 0.226 e. The van der Waals surface area contributed by atoms with Crippen LogP contribution in [0.4, 0.5) is 4.39 Å². The van der Waals surface area contributed by atoms with Crippen molar-refractivity contribution in [3.8, 4) is 5.75 Å². The predicted octanol–water partition coefficient (Wildman–Crippen LogP) is 3.96. The molecule has 6 heteroatoms. The molecule has 0 aliphatic heterocycles. The average molecular weight is 431 g/mol. The molecule has 170 valence electrons. The molecule has 5 rings (SSSR count). The van der Waals surface area contributed by atoms with Crippen LogP contribution in [0.5, 0.6) is 5.75 Å². The highest BCUT2D eigenvalue weighted by Crippen LogP contribution is 2.50. The maximum atomic E-state index is 12.9. The van der Waals surface area contributed by atoms with E-state index in [0.717, 1.165) is 37.2 Å². The van der Waals surface area contributed by atoms with Crippen LogP contribution in [0.3, 0.4) is 0 Å². The van der Waals surface area contributed by atoms with Gasteiger partial charge in [-0.25, -0.2) is 4.39 Å². The number of carbonyl (C=O) groups excluding carboxylic acids is 1. The summed E-state index contributed by atoms with van der Waals surface area (Å²) in [6.07, 6.45) is 9.27. The molecule has 4 aliphatic rings. The highest BCUT2D eigenvalue weighted by Gasteiger charge is 2.46. The summed E-state index contributed by atoms with van der Waals surface area (Å²) in [4.78, 5) is 12.9. The Balaban J connectivity index is 1.28. The molecule has 0 radical (unpaired) electrons. The second kappa shape index (κ2) is 9.29. The van der Waals surface area contributed by atoms with Crippen molar-refractivity contribution in [3.63, 3.8) is 0 Å². The lowest BCUT2D eigenvalue weighted by molar-refractivity contribution is -0.138. The molecule has 1 aromatic rings. The van der Waals surface area contributed by atoms with Gasteiger partial charge in [-0.2, -0.15) is 0 Å². The molecule has 4 saturated carbocycles. The smallest absolute Gasteiger partial charge is 0.226 e. The Morgan fingerprint density at radius 1 is 1.16 bits per heavy atom. The molecule has 0 saturated heterocycles. The standard InChI is InChI=1S/C25H35FN2O3/c26-14-19(15-27)16-31-22-3-1-20(2-4-22)21-8-12-25(30,13-21)17-28-23(29)24-9-5-18(6-10-24)7-11-24/h1-4,14,18,21,30H,5-13,15-17,27H2,(H,28,29)/b19-14+. The Kier molecular flexibility index (Phi) is 6.68. The number of hydrogen-bond acceptors (Lipinski definition) is 4. The van der Waals surface area contributed by atoms with Gasteiger partial charge in [-0.3, -0.25) is 4.79 Å². The number of carbonyl (C=O) groups is 1. The van der Waals surface area contributed by atoms with E-state index in [1.165, 1.54) is 19.3 Å². The molecular weight excluding hydrogens is 395 g/mol. The number of nitrogens with one attached hydrogen (secondary N) is 1. The van der Waals surface area contributed by atoms with Crippen molar-refractivity contribution in [1.29, 1.82) is 0 Å². The Labute approximate surface area is 184 Å². The van der Waals surface area contributed by atoms with Crippen LogP contribution in [0.1, 0.15) is 69.3 Å². The van der Waals surface area contributed by atoms with Crippen LogP contribution in [0, 0.1) is 11.3 Å². The van der Waals surface area contributed by atoms with Crippen LogP contribution < -0.4 is 15.8 Å². The van der Waals surface area contributed by atoms with Gasteiger partial charge in [0.15, 0.2) is 0 Å². The van der Waals surface area contributed by atoms with E-state index in [1.807, 2.05) is 24.3 Å². The summed E-state index contributed by atoms with van der Waals surface area (Å²) >= 11 is 0. The normalized spacial score (nSPS) is 32.8. The number of aliphatic hydroxyl groups is 1. The maximum absolute atomic E-state index is 12.9. The summed E-state index contributed by atoms with van der Waals surface area (Å²) in [5, 5.41) is 14.2. The summed E-state index contributed by atoms with van der Waals surface area (Å²) in [5.41, 5.74) is 5.98. The largest absolute Gasteiger partial charge is 0.489 e. The van der Waals surface area contributed by atoms with E-state index in [4.69, 9.17) is 10.5 Å². The zero-order valence-corrected chi connectivity index (χ0v) is 18.2. The fourth-order valence-corrected chi connectivity index (χ4v) is 5.72.